The molecule has 1 atom stereocenters. The summed E-state index contributed by atoms with van der Waals surface area (Å²) in [5.74, 6) is 0.717. The lowest BCUT2D eigenvalue weighted by Crippen LogP contribution is -2.46. The van der Waals surface area contributed by atoms with Crippen LogP contribution in [0, 0.1) is 6.92 Å². The summed E-state index contributed by atoms with van der Waals surface area (Å²) in [4.78, 5) is 42.9. The fraction of sp³-hybridized carbons (Fsp3) is 0.276. The minimum absolute atomic E-state index is 0.0889. The predicted octanol–water partition coefficient (Wildman–Crippen LogP) is 4.04. The van der Waals surface area contributed by atoms with Crippen LogP contribution in [0.3, 0.4) is 0 Å². The Bertz CT molecular complexity index is 1300. The van der Waals surface area contributed by atoms with Crippen LogP contribution in [0.15, 0.2) is 66.7 Å². The molecule has 0 spiro atoms. The number of aryl methyl sites for hydroxylation is 1. The number of benzene rings is 3. The summed E-state index contributed by atoms with van der Waals surface area (Å²) in [6.45, 7) is 2.14. The van der Waals surface area contributed by atoms with Gasteiger partial charge in [0.05, 0.1) is 33.4 Å². The molecular formula is C29H30N2O6. The van der Waals surface area contributed by atoms with Gasteiger partial charge >= 0.3 is 0 Å². The van der Waals surface area contributed by atoms with Crippen molar-refractivity contribution in [2.45, 2.75) is 25.8 Å². The number of imide groups is 1. The van der Waals surface area contributed by atoms with Crippen LogP contribution < -0.4 is 19.1 Å². The van der Waals surface area contributed by atoms with Gasteiger partial charge in [-0.15, -0.1) is 0 Å². The number of rotatable bonds is 9. The zero-order chi connectivity index (χ0) is 26.5. The van der Waals surface area contributed by atoms with Crippen molar-refractivity contribution in [1.82, 2.24) is 4.90 Å². The van der Waals surface area contributed by atoms with Gasteiger partial charge in [-0.1, -0.05) is 23.8 Å². The molecule has 1 aliphatic rings. The van der Waals surface area contributed by atoms with Crippen LogP contribution in [-0.2, 0) is 16.0 Å². The average Bonchev–Trinajstić information content (AvgIpc) is 3.21. The maximum absolute atomic E-state index is 13.7. The number of nitrogens with zero attached hydrogens (tertiary/aromatic N) is 2. The third kappa shape index (κ3) is 5.43. The summed E-state index contributed by atoms with van der Waals surface area (Å²) < 4.78 is 15.9. The Morgan fingerprint density at radius 3 is 2.30 bits per heavy atom. The van der Waals surface area contributed by atoms with Crippen molar-refractivity contribution in [2.75, 3.05) is 32.8 Å². The van der Waals surface area contributed by atoms with E-state index < -0.39 is 11.9 Å². The standard InChI is InChI=1S/C29H30N2O6/c1-19-6-5-7-21(16-19)28(33)30(15-14-20-8-13-25(36-3)26(17-20)37-4)24-18-27(32)31(29(24)34)22-9-11-23(35-2)12-10-22/h5-13,16-17,24H,14-15,18H2,1-4H3. The predicted molar refractivity (Wildman–Crippen MR) is 139 cm³/mol. The lowest BCUT2D eigenvalue weighted by molar-refractivity contribution is -0.122. The molecular weight excluding hydrogens is 472 g/mol. The van der Waals surface area contributed by atoms with E-state index in [9.17, 15) is 14.4 Å². The number of hydrogen-bond donors (Lipinski definition) is 0. The Labute approximate surface area is 216 Å². The quantitative estimate of drug-likeness (QED) is 0.411. The molecule has 0 radical (unpaired) electrons. The summed E-state index contributed by atoms with van der Waals surface area (Å²) in [5, 5.41) is 0. The van der Waals surface area contributed by atoms with Crippen LogP contribution in [0.4, 0.5) is 5.69 Å². The molecule has 0 aliphatic carbocycles. The SMILES string of the molecule is COc1ccc(N2C(=O)CC(N(CCc3ccc(OC)c(OC)c3)C(=O)c3cccc(C)c3)C2=O)cc1. The second-order valence-electron chi connectivity index (χ2n) is 8.79. The van der Waals surface area contributed by atoms with Gasteiger partial charge in [-0.05, 0) is 67.4 Å². The molecule has 0 bridgehead atoms. The zero-order valence-electron chi connectivity index (χ0n) is 21.4. The minimum Gasteiger partial charge on any atom is -0.497 e. The van der Waals surface area contributed by atoms with Crippen molar-refractivity contribution in [3.8, 4) is 17.2 Å². The largest absolute Gasteiger partial charge is 0.497 e. The van der Waals surface area contributed by atoms with E-state index in [1.54, 1.807) is 69.9 Å². The average molecular weight is 503 g/mol. The number of hydrogen-bond acceptors (Lipinski definition) is 6. The monoisotopic (exact) mass is 502 g/mol. The Morgan fingerprint density at radius 2 is 1.65 bits per heavy atom. The number of anilines is 1. The van der Waals surface area contributed by atoms with Crippen LogP contribution >= 0.6 is 0 Å². The van der Waals surface area contributed by atoms with Gasteiger partial charge in [0.25, 0.3) is 11.8 Å². The maximum atomic E-state index is 13.7. The topological polar surface area (TPSA) is 85.4 Å². The van der Waals surface area contributed by atoms with Gasteiger partial charge in [-0.2, -0.15) is 0 Å². The fourth-order valence-electron chi connectivity index (χ4n) is 4.49. The molecule has 37 heavy (non-hydrogen) atoms. The van der Waals surface area contributed by atoms with E-state index in [0.717, 1.165) is 16.0 Å². The summed E-state index contributed by atoms with van der Waals surface area (Å²) >= 11 is 0. The van der Waals surface area contributed by atoms with Gasteiger partial charge in [-0.25, -0.2) is 4.90 Å². The van der Waals surface area contributed by atoms with Crippen LogP contribution in [0.1, 0.15) is 27.9 Å². The Kier molecular flexibility index (Phi) is 7.77. The highest BCUT2D eigenvalue weighted by Gasteiger charge is 2.44. The van der Waals surface area contributed by atoms with Gasteiger partial charge in [-0.3, -0.25) is 14.4 Å². The van der Waals surface area contributed by atoms with Crippen LogP contribution in [0.25, 0.3) is 0 Å². The van der Waals surface area contributed by atoms with Gasteiger partial charge in [0.1, 0.15) is 11.8 Å². The van der Waals surface area contributed by atoms with E-state index >= 15 is 0 Å². The second-order valence-corrected chi connectivity index (χ2v) is 8.79. The van der Waals surface area contributed by atoms with Crippen molar-refractivity contribution in [3.05, 3.63) is 83.4 Å². The smallest absolute Gasteiger partial charge is 0.257 e. The molecule has 3 aromatic carbocycles. The van der Waals surface area contributed by atoms with Crippen LogP contribution in [0.5, 0.6) is 17.2 Å². The molecule has 8 heteroatoms. The highest BCUT2D eigenvalue weighted by molar-refractivity contribution is 6.23. The first-order valence-electron chi connectivity index (χ1n) is 12.0. The molecule has 1 saturated heterocycles. The number of methoxy groups -OCH3 is 3. The van der Waals surface area contributed by atoms with Gasteiger partial charge in [0.15, 0.2) is 11.5 Å². The third-order valence-electron chi connectivity index (χ3n) is 6.44. The molecule has 0 saturated carbocycles. The van der Waals surface area contributed by atoms with Gasteiger partial charge < -0.3 is 19.1 Å². The third-order valence-corrected chi connectivity index (χ3v) is 6.44. The number of carbonyl (C=O) groups excluding carboxylic acids is 3. The highest BCUT2D eigenvalue weighted by atomic mass is 16.5. The van der Waals surface area contributed by atoms with E-state index in [0.29, 0.717) is 34.9 Å². The first-order valence-corrected chi connectivity index (χ1v) is 12.0. The highest BCUT2D eigenvalue weighted by Crippen LogP contribution is 2.30. The molecule has 4 rings (SSSR count). The summed E-state index contributed by atoms with van der Waals surface area (Å²) in [5.41, 5.74) is 2.75. The molecule has 3 aromatic rings. The zero-order valence-corrected chi connectivity index (χ0v) is 21.4. The molecule has 8 nitrogen and oxygen atoms in total. The molecule has 192 valence electrons. The van der Waals surface area contributed by atoms with Gasteiger partial charge in [0.2, 0.25) is 5.91 Å². The Balaban J connectivity index is 1.63. The van der Waals surface area contributed by atoms with E-state index in [1.807, 2.05) is 25.1 Å². The summed E-state index contributed by atoms with van der Waals surface area (Å²) in [6, 6.07) is 18.5. The number of ether oxygens (including phenoxy) is 3. The van der Waals surface area contributed by atoms with Gasteiger partial charge in [0, 0.05) is 12.1 Å². The number of carbonyl (C=O) groups is 3. The Morgan fingerprint density at radius 1 is 0.919 bits per heavy atom. The Hall–Kier alpha value is -4.33. The first-order chi connectivity index (χ1) is 17.9. The van der Waals surface area contributed by atoms with Crippen molar-refractivity contribution >= 4 is 23.4 Å². The van der Waals surface area contributed by atoms with Crippen molar-refractivity contribution in [3.63, 3.8) is 0 Å². The minimum atomic E-state index is -0.914. The second kappa shape index (κ2) is 11.2. The van der Waals surface area contributed by atoms with Crippen molar-refractivity contribution in [1.29, 1.82) is 0 Å². The lowest BCUT2D eigenvalue weighted by atomic mass is 10.1. The summed E-state index contributed by atoms with van der Waals surface area (Å²) in [6.07, 6.45) is 0.368. The van der Waals surface area contributed by atoms with E-state index in [-0.39, 0.29) is 24.8 Å². The molecule has 0 N–H and O–H groups in total. The number of amides is 3. The molecule has 1 fully saturated rings. The van der Waals surface area contributed by atoms with E-state index in [1.165, 1.54) is 4.90 Å². The maximum Gasteiger partial charge on any atom is 0.257 e. The normalized spacial score (nSPS) is 15.0. The molecule has 1 heterocycles. The molecule has 1 unspecified atom stereocenters. The van der Waals surface area contributed by atoms with Crippen molar-refractivity contribution in [2.24, 2.45) is 0 Å². The summed E-state index contributed by atoms with van der Waals surface area (Å²) in [7, 11) is 4.67. The first kappa shape index (κ1) is 25.8. The lowest BCUT2D eigenvalue weighted by Gasteiger charge is -2.28. The van der Waals surface area contributed by atoms with E-state index in [2.05, 4.69) is 0 Å². The molecule has 0 aromatic heterocycles. The van der Waals surface area contributed by atoms with Crippen LogP contribution in [-0.4, -0.2) is 56.5 Å². The molecule has 3 amide bonds. The van der Waals surface area contributed by atoms with Crippen LogP contribution in [0.2, 0.25) is 0 Å². The van der Waals surface area contributed by atoms with E-state index in [4.69, 9.17) is 14.2 Å². The fourth-order valence-corrected chi connectivity index (χ4v) is 4.49. The van der Waals surface area contributed by atoms with Crippen molar-refractivity contribution < 1.29 is 28.6 Å². The molecule has 1 aliphatic heterocycles.